The highest BCUT2D eigenvalue weighted by atomic mass is 35.5. The summed E-state index contributed by atoms with van der Waals surface area (Å²) in [6.45, 7) is 4.36. The van der Waals surface area contributed by atoms with Crippen LogP contribution in [0.15, 0.2) is 24.4 Å². The first-order valence-corrected chi connectivity index (χ1v) is 6.80. The third-order valence-electron chi connectivity index (χ3n) is 2.91. The molecule has 1 aromatic carbocycles. The van der Waals surface area contributed by atoms with Crippen LogP contribution in [0.1, 0.15) is 27.4 Å². The van der Waals surface area contributed by atoms with Crippen molar-refractivity contribution in [2.24, 2.45) is 0 Å². The monoisotopic (exact) mass is 306 g/mol. The quantitative estimate of drug-likeness (QED) is 0.919. The number of hydrogen-bond donors (Lipinski definition) is 1. The Kier molecular flexibility index (Phi) is 4.75. The molecule has 0 aliphatic heterocycles. The number of nitrogens with zero attached hydrogens (tertiary/aromatic N) is 2. The fourth-order valence-electron chi connectivity index (χ4n) is 1.89. The Morgan fingerprint density at radius 1 is 1.38 bits per heavy atom. The summed E-state index contributed by atoms with van der Waals surface area (Å²) < 4.78 is 5.67. The average Bonchev–Trinajstić information content (AvgIpc) is 2.42. The van der Waals surface area contributed by atoms with Crippen molar-refractivity contribution in [2.45, 2.75) is 20.3 Å². The van der Waals surface area contributed by atoms with E-state index in [4.69, 9.17) is 21.4 Å². The molecule has 2 aromatic rings. The van der Waals surface area contributed by atoms with Crippen molar-refractivity contribution in [3.8, 4) is 5.75 Å². The normalized spacial score (nSPS) is 10.4. The summed E-state index contributed by atoms with van der Waals surface area (Å²) in [6.07, 6.45) is 1.70. The number of halogens is 1. The van der Waals surface area contributed by atoms with Gasteiger partial charge in [0.05, 0.1) is 17.8 Å². The summed E-state index contributed by atoms with van der Waals surface area (Å²) in [7, 11) is 0. The van der Waals surface area contributed by atoms with Crippen LogP contribution in [-0.2, 0) is 6.42 Å². The van der Waals surface area contributed by atoms with E-state index in [0.29, 0.717) is 18.9 Å². The summed E-state index contributed by atoms with van der Waals surface area (Å²) >= 11 is 5.72. The van der Waals surface area contributed by atoms with Gasteiger partial charge in [-0.1, -0.05) is 29.3 Å². The minimum atomic E-state index is -1.17. The molecule has 1 heterocycles. The molecule has 110 valence electrons. The van der Waals surface area contributed by atoms with Crippen molar-refractivity contribution < 1.29 is 14.6 Å². The van der Waals surface area contributed by atoms with Crippen LogP contribution >= 0.6 is 11.6 Å². The number of rotatable bonds is 5. The van der Waals surface area contributed by atoms with E-state index in [2.05, 4.69) is 9.97 Å². The van der Waals surface area contributed by atoms with E-state index in [1.165, 1.54) is 11.8 Å². The summed E-state index contributed by atoms with van der Waals surface area (Å²) in [5, 5.41) is 8.98. The molecule has 0 saturated heterocycles. The average molecular weight is 307 g/mol. The lowest BCUT2D eigenvalue weighted by atomic mass is 10.1. The summed E-state index contributed by atoms with van der Waals surface area (Å²) in [5.74, 6) is 0.0218. The molecule has 0 amide bonds. The molecule has 0 aliphatic rings. The number of carboxylic acids is 1. The Bertz CT molecular complexity index is 674. The van der Waals surface area contributed by atoms with Crippen LogP contribution in [0.2, 0.25) is 5.02 Å². The number of carbonyl (C=O) groups is 1. The smallest absolute Gasteiger partial charge is 0.356 e. The number of aromatic nitrogens is 2. The van der Waals surface area contributed by atoms with Gasteiger partial charge in [-0.2, -0.15) is 0 Å². The fourth-order valence-corrected chi connectivity index (χ4v) is 2.06. The van der Waals surface area contributed by atoms with Gasteiger partial charge in [0.15, 0.2) is 5.69 Å². The standard InChI is InChI=1S/C15H15ClN2O3/c1-9-3-4-12(10(2)7-9)21-6-5-13-17-8-11(16)14(18-13)15(19)20/h3-4,7-8H,5-6H2,1-2H3,(H,19,20). The van der Waals surface area contributed by atoms with E-state index >= 15 is 0 Å². The minimum absolute atomic E-state index is 0.0292. The molecule has 0 spiro atoms. The zero-order valence-corrected chi connectivity index (χ0v) is 12.5. The number of carboxylic acid groups (broad SMARTS) is 1. The highest BCUT2D eigenvalue weighted by Crippen LogP contribution is 2.19. The van der Waals surface area contributed by atoms with Gasteiger partial charge >= 0.3 is 5.97 Å². The van der Waals surface area contributed by atoms with Gasteiger partial charge in [0, 0.05) is 6.42 Å². The first-order valence-electron chi connectivity index (χ1n) is 6.42. The second kappa shape index (κ2) is 6.54. The van der Waals surface area contributed by atoms with E-state index in [0.717, 1.165) is 11.3 Å². The maximum absolute atomic E-state index is 10.9. The first kappa shape index (κ1) is 15.3. The van der Waals surface area contributed by atoms with Crippen LogP contribution in [0.3, 0.4) is 0 Å². The molecule has 0 radical (unpaired) electrons. The number of ether oxygens (including phenoxy) is 1. The summed E-state index contributed by atoms with van der Waals surface area (Å²) in [5.41, 5.74) is 2.04. The van der Waals surface area contributed by atoms with E-state index in [-0.39, 0.29) is 10.7 Å². The summed E-state index contributed by atoms with van der Waals surface area (Å²) in [6, 6.07) is 5.93. The third kappa shape index (κ3) is 3.92. The van der Waals surface area contributed by atoms with Crippen molar-refractivity contribution in [3.05, 3.63) is 52.1 Å². The predicted molar refractivity (Wildman–Crippen MR) is 79.1 cm³/mol. The molecule has 0 unspecified atom stereocenters. The van der Waals surface area contributed by atoms with Gasteiger partial charge in [-0.15, -0.1) is 0 Å². The van der Waals surface area contributed by atoms with Gasteiger partial charge in [-0.05, 0) is 25.5 Å². The number of benzene rings is 1. The van der Waals surface area contributed by atoms with E-state index in [1.807, 2.05) is 32.0 Å². The van der Waals surface area contributed by atoms with Gasteiger partial charge in [0.1, 0.15) is 11.6 Å². The lowest BCUT2D eigenvalue weighted by Gasteiger charge is -2.09. The Balaban J connectivity index is 2.00. The fraction of sp³-hybridized carbons (Fsp3) is 0.267. The number of aryl methyl sites for hydroxylation is 2. The first-order chi connectivity index (χ1) is 9.97. The van der Waals surface area contributed by atoms with E-state index < -0.39 is 5.97 Å². The zero-order chi connectivity index (χ0) is 15.4. The van der Waals surface area contributed by atoms with E-state index in [9.17, 15) is 4.79 Å². The Morgan fingerprint density at radius 2 is 2.14 bits per heavy atom. The predicted octanol–water partition coefficient (Wildman–Crippen LogP) is 3.07. The number of hydrogen-bond acceptors (Lipinski definition) is 4. The lowest BCUT2D eigenvalue weighted by molar-refractivity contribution is 0.0690. The van der Waals surface area contributed by atoms with Crippen LogP contribution in [-0.4, -0.2) is 27.7 Å². The second-order valence-corrected chi connectivity index (χ2v) is 5.06. The van der Waals surface area contributed by atoms with Crippen molar-refractivity contribution >= 4 is 17.6 Å². The Hall–Kier alpha value is -2.14. The molecule has 0 atom stereocenters. The molecule has 2 rings (SSSR count). The Morgan fingerprint density at radius 3 is 2.81 bits per heavy atom. The molecule has 0 fully saturated rings. The molecule has 5 nitrogen and oxygen atoms in total. The molecule has 0 saturated carbocycles. The zero-order valence-electron chi connectivity index (χ0n) is 11.8. The topological polar surface area (TPSA) is 72.3 Å². The molecule has 0 aliphatic carbocycles. The van der Waals surface area contributed by atoms with Crippen LogP contribution < -0.4 is 4.74 Å². The molecular formula is C15H15ClN2O3. The van der Waals surface area contributed by atoms with Gasteiger partial charge in [-0.3, -0.25) is 0 Å². The SMILES string of the molecule is Cc1ccc(OCCc2ncc(Cl)c(C(=O)O)n2)c(C)c1. The molecule has 21 heavy (non-hydrogen) atoms. The van der Waals surface area contributed by atoms with E-state index in [1.54, 1.807) is 0 Å². The molecule has 1 aromatic heterocycles. The van der Waals surface area contributed by atoms with Gasteiger partial charge in [-0.25, -0.2) is 14.8 Å². The number of aromatic carboxylic acids is 1. The van der Waals surface area contributed by atoms with Crippen molar-refractivity contribution in [2.75, 3.05) is 6.61 Å². The van der Waals surface area contributed by atoms with Gasteiger partial charge in [0.2, 0.25) is 0 Å². The highest BCUT2D eigenvalue weighted by Gasteiger charge is 2.12. The second-order valence-electron chi connectivity index (χ2n) is 4.66. The van der Waals surface area contributed by atoms with Crippen molar-refractivity contribution in [3.63, 3.8) is 0 Å². The van der Waals surface area contributed by atoms with Gasteiger partial charge in [0.25, 0.3) is 0 Å². The molecule has 6 heteroatoms. The largest absolute Gasteiger partial charge is 0.493 e. The Labute approximate surface area is 127 Å². The maximum atomic E-state index is 10.9. The molecule has 0 bridgehead atoms. The highest BCUT2D eigenvalue weighted by molar-refractivity contribution is 6.33. The summed E-state index contributed by atoms with van der Waals surface area (Å²) in [4.78, 5) is 18.9. The molecule has 1 N–H and O–H groups in total. The van der Waals surface area contributed by atoms with Crippen LogP contribution in [0.25, 0.3) is 0 Å². The third-order valence-corrected chi connectivity index (χ3v) is 3.19. The molecular weight excluding hydrogens is 292 g/mol. The van der Waals surface area contributed by atoms with Crippen LogP contribution in [0, 0.1) is 13.8 Å². The van der Waals surface area contributed by atoms with Gasteiger partial charge < -0.3 is 9.84 Å². The minimum Gasteiger partial charge on any atom is -0.493 e. The van der Waals surface area contributed by atoms with Crippen LogP contribution in [0.5, 0.6) is 5.75 Å². The lowest BCUT2D eigenvalue weighted by Crippen LogP contribution is -2.10. The van der Waals surface area contributed by atoms with Crippen molar-refractivity contribution in [1.82, 2.24) is 9.97 Å². The van der Waals surface area contributed by atoms with Crippen molar-refractivity contribution in [1.29, 1.82) is 0 Å². The maximum Gasteiger partial charge on any atom is 0.356 e. The van der Waals surface area contributed by atoms with Crippen LogP contribution in [0.4, 0.5) is 0 Å².